The fraction of sp³-hybridized carbons (Fsp3) is 0.333. The molecule has 2 atom stereocenters. The summed E-state index contributed by atoms with van der Waals surface area (Å²) < 4.78 is 38.1. The van der Waals surface area contributed by atoms with Gasteiger partial charge >= 0.3 is 6.09 Å². The predicted octanol–water partition coefficient (Wildman–Crippen LogP) is 1.82. The molecule has 1 amide bonds. The lowest BCUT2D eigenvalue weighted by atomic mass is 10.1. The van der Waals surface area contributed by atoms with E-state index in [4.69, 9.17) is 0 Å². The topological polar surface area (TPSA) is 135 Å². The Balaban J connectivity index is 1.73. The number of rotatable bonds is 4. The summed E-state index contributed by atoms with van der Waals surface area (Å²) in [7, 11) is -5.01. The molecule has 0 spiro atoms. The van der Waals surface area contributed by atoms with E-state index in [1.54, 1.807) is 12.1 Å². The van der Waals surface area contributed by atoms with Crippen LogP contribution in [0.15, 0.2) is 46.7 Å². The van der Waals surface area contributed by atoms with Crippen LogP contribution in [0.2, 0.25) is 0 Å². The zero-order chi connectivity index (χ0) is 21.5. The van der Waals surface area contributed by atoms with Crippen LogP contribution in [0.4, 0.5) is 4.79 Å². The van der Waals surface area contributed by atoms with Crippen LogP contribution in [-0.2, 0) is 20.6 Å². The number of aromatic nitrogens is 4. The number of hydrogen-bond acceptors (Lipinski definition) is 7. The molecule has 3 aromatic rings. The largest absolute Gasteiger partial charge is 0.465 e. The summed E-state index contributed by atoms with van der Waals surface area (Å²) in [5.74, 6) is 0. The molecule has 2 aromatic heterocycles. The minimum absolute atomic E-state index is 0.185. The number of hydrogen-bond donors (Lipinski definition) is 1. The molecule has 12 heteroatoms. The summed E-state index contributed by atoms with van der Waals surface area (Å²) in [4.78, 5) is 21.3. The number of carbonyl (C=O) groups is 1. The van der Waals surface area contributed by atoms with Gasteiger partial charge in [-0.1, -0.05) is 0 Å². The van der Waals surface area contributed by atoms with Gasteiger partial charge in [-0.3, -0.25) is 9.11 Å². The zero-order valence-electron chi connectivity index (χ0n) is 16.0. The molecule has 1 N–H and O–H groups in total. The lowest BCUT2D eigenvalue weighted by molar-refractivity contribution is 0.127. The summed E-state index contributed by atoms with van der Waals surface area (Å²) >= 11 is 0. The molecule has 3 heterocycles. The van der Waals surface area contributed by atoms with Crippen molar-refractivity contribution in [1.82, 2.24) is 24.6 Å². The van der Waals surface area contributed by atoms with Gasteiger partial charge in [0.2, 0.25) is 0 Å². The van der Waals surface area contributed by atoms with Crippen LogP contribution in [0.5, 0.6) is 0 Å². The van der Waals surface area contributed by atoms with Gasteiger partial charge in [-0.25, -0.2) is 27.9 Å². The smallest absolute Gasteiger partial charge is 0.408 e. The Morgan fingerprint density at radius 1 is 1.20 bits per heavy atom. The molecule has 30 heavy (non-hydrogen) atoms. The number of carboxylic acid groups (broad SMARTS) is 1. The van der Waals surface area contributed by atoms with Gasteiger partial charge in [-0.15, -0.1) is 0 Å². The standard InChI is InChI=1S/C18H19N5O5S2/c1-30(27,28)13-7-5-12(6-8-13)23-16-14(10-21-23)17(20-11-19-16)29(26)15-4-2-3-9-22(15)18(24)25/h5-8,10-11,15H,2-4,9H2,1H3,(H,24,25). The Bertz CT molecular complexity index is 1240. The van der Waals surface area contributed by atoms with Crippen molar-refractivity contribution in [2.75, 3.05) is 12.8 Å². The van der Waals surface area contributed by atoms with Gasteiger partial charge in [-0.05, 0) is 43.5 Å². The number of piperidine rings is 1. The predicted molar refractivity (Wildman–Crippen MR) is 109 cm³/mol. The second-order valence-corrected chi connectivity index (χ2v) is 10.5. The highest BCUT2D eigenvalue weighted by molar-refractivity contribution is 7.90. The van der Waals surface area contributed by atoms with Crippen LogP contribution >= 0.6 is 0 Å². The lowest BCUT2D eigenvalue weighted by Crippen LogP contribution is -2.45. The fourth-order valence-corrected chi connectivity index (χ4v) is 5.69. The first-order chi connectivity index (χ1) is 14.3. The highest BCUT2D eigenvalue weighted by Crippen LogP contribution is 2.27. The first-order valence-electron chi connectivity index (χ1n) is 9.17. The molecule has 4 rings (SSSR count). The molecule has 10 nitrogen and oxygen atoms in total. The Hall–Kier alpha value is -2.86. The normalized spacial score (nSPS) is 18.4. The van der Waals surface area contributed by atoms with Crippen molar-refractivity contribution >= 4 is 37.8 Å². The Morgan fingerprint density at radius 2 is 1.93 bits per heavy atom. The molecule has 1 aromatic carbocycles. The molecule has 158 valence electrons. The molecular formula is C18H19N5O5S2. The minimum atomic E-state index is -3.32. The van der Waals surface area contributed by atoms with Crippen LogP contribution in [0, 0.1) is 0 Å². The van der Waals surface area contributed by atoms with Crippen molar-refractivity contribution in [2.45, 2.75) is 34.6 Å². The number of likely N-dealkylation sites (tertiary alicyclic amines) is 1. The van der Waals surface area contributed by atoms with Gasteiger partial charge in [0.1, 0.15) is 16.7 Å². The Labute approximate surface area is 174 Å². The van der Waals surface area contributed by atoms with Gasteiger partial charge in [0, 0.05) is 12.8 Å². The third-order valence-corrected chi connectivity index (χ3v) is 7.79. The van der Waals surface area contributed by atoms with Gasteiger partial charge in [0.25, 0.3) is 0 Å². The molecule has 1 aliphatic heterocycles. The maximum absolute atomic E-state index is 13.2. The SMILES string of the molecule is CS(=O)(=O)c1ccc(-n2ncc3c(S(=O)C4CCCCN4C(=O)O)ncnc32)cc1. The van der Waals surface area contributed by atoms with Crippen molar-refractivity contribution in [2.24, 2.45) is 0 Å². The minimum Gasteiger partial charge on any atom is -0.465 e. The third kappa shape index (κ3) is 3.67. The third-order valence-electron chi connectivity index (χ3n) is 4.97. The molecule has 0 radical (unpaired) electrons. The summed E-state index contributed by atoms with van der Waals surface area (Å²) in [6, 6.07) is 6.17. The van der Waals surface area contributed by atoms with Crippen molar-refractivity contribution in [3.8, 4) is 5.69 Å². The van der Waals surface area contributed by atoms with Crippen molar-refractivity contribution in [3.05, 3.63) is 36.8 Å². The number of benzene rings is 1. The van der Waals surface area contributed by atoms with Crippen molar-refractivity contribution in [3.63, 3.8) is 0 Å². The maximum Gasteiger partial charge on any atom is 0.408 e. The monoisotopic (exact) mass is 449 g/mol. The van der Waals surface area contributed by atoms with Gasteiger partial charge in [0.05, 0.1) is 33.0 Å². The average Bonchev–Trinajstić information content (AvgIpc) is 3.17. The van der Waals surface area contributed by atoms with Crippen LogP contribution < -0.4 is 0 Å². The van der Waals surface area contributed by atoms with Crippen LogP contribution in [0.3, 0.4) is 0 Å². The molecule has 1 aliphatic rings. The average molecular weight is 450 g/mol. The molecule has 0 bridgehead atoms. The quantitative estimate of drug-likeness (QED) is 0.596. The zero-order valence-corrected chi connectivity index (χ0v) is 17.6. The molecular weight excluding hydrogens is 430 g/mol. The number of nitrogens with zero attached hydrogens (tertiary/aromatic N) is 5. The van der Waals surface area contributed by atoms with Gasteiger partial charge in [0.15, 0.2) is 15.5 Å². The molecule has 1 fully saturated rings. The molecule has 0 saturated carbocycles. The van der Waals surface area contributed by atoms with Gasteiger partial charge < -0.3 is 5.11 Å². The fourth-order valence-electron chi connectivity index (χ4n) is 3.48. The van der Waals surface area contributed by atoms with Crippen LogP contribution in [0.1, 0.15) is 19.3 Å². The van der Waals surface area contributed by atoms with E-state index >= 15 is 0 Å². The first-order valence-corrected chi connectivity index (χ1v) is 12.3. The Morgan fingerprint density at radius 3 is 2.60 bits per heavy atom. The Kier molecular flexibility index (Phi) is 5.28. The van der Waals surface area contributed by atoms with E-state index < -0.39 is 32.1 Å². The van der Waals surface area contributed by atoms with Crippen LogP contribution in [-0.4, -0.2) is 66.6 Å². The van der Waals surface area contributed by atoms with Crippen molar-refractivity contribution in [1.29, 1.82) is 0 Å². The second-order valence-electron chi connectivity index (χ2n) is 6.96. The summed E-state index contributed by atoms with van der Waals surface area (Å²) in [5, 5.41) is 13.8. The summed E-state index contributed by atoms with van der Waals surface area (Å²) in [5.41, 5.74) is 0.982. The molecule has 0 aliphatic carbocycles. The van der Waals surface area contributed by atoms with E-state index in [0.29, 0.717) is 29.7 Å². The molecule has 2 unspecified atom stereocenters. The van der Waals surface area contributed by atoms with Crippen LogP contribution in [0.25, 0.3) is 16.7 Å². The second kappa shape index (κ2) is 7.76. The van der Waals surface area contributed by atoms with E-state index in [2.05, 4.69) is 15.1 Å². The summed E-state index contributed by atoms with van der Waals surface area (Å²) in [6.07, 6.45) is 4.81. The van der Waals surface area contributed by atoms with E-state index in [9.17, 15) is 22.5 Å². The molecule has 1 saturated heterocycles. The van der Waals surface area contributed by atoms with E-state index in [-0.39, 0.29) is 9.92 Å². The van der Waals surface area contributed by atoms with E-state index in [1.807, 2.05) is 0 Å². The van der Waals surface area contributed by atoms with Gasteiger partial charge in [-0.2, -0.15) is 5.10 Å². The number of amides is 1. The maximum atomic E-state index is 13.2. The highest BCUT2D eigenvalue weighted by Gasteiger charge is 2.33. The number of sulfone groups is 1. The highest BCUT2D eigenvalue weighted by atomic mass is 32.2. The van der Waals surface area contributed by atoms with E-state index in [1.165, 1.54) is 34.2 Å². The number of fused-ring (bicyclic) bond motifs is 1. The van der Waals surface area contributed by atoms with Crippen molar-refractivity contribution < 1.29 is 22.5 Å². The summed E-state index contributed by atoms with van der Waals surface area (Å²) in [6.45, 7) is 0.339. The van der Waals surface area contributed by atoms with E-state index in [0.717, 1.165) is 19.1 Å². The first kappa shape index (κ1) is 20.4. The lowest BCUT2D eigenvalue weighted by Gasteiger charge is -2.32.